The molecule has 0 N–H and O–H groups in total. The zero-order valence-corrected chi connectivity index (χ0v) is 15.3. The predicted molar refractivity (Wildman–Crippen MR) is 98.8 cm³/mol. The first-order valence-corrected chi connectivity index (χ1v) is 8.61. The second kappa shape index (κ2) is 8.10. The highest BCUT2D eigenvalue weighted by Crippen LogP contribution is 2.20. The first-order chi connectivity index (χ1) is 12.6. The summed E-state index contributed by atoms with van der Waals surface area (Å²) in [5.41, 5.74) is 4.04. The molecule has 0 bridgehead atoms. The molecule has 0 saturated heterocycles. The minimum absolute atomic E-state index is 0.270. The van der Waals surface area contributed by atoms with Crippen LogP contribution in [0.25, 0.3) is 5.69 Å². The van der Waals surface area contributed by atoms with E-state index in [2.05, 4.69) is 21.9 Å². The molecule has 0 atom stereocenters. The Labute approximate surface area is 153 Å². The summed E-state index contributed by atoms with van der Waals surface area (Å²) in [6, 6.07) is 8.96. The third kappa shape index (κ3) is 4.08. The van der Waals surface area contributed by atoms with Crippen LogP contribution >= 0.6 is 0 Å². The largest absolute Gasteiger partial charge is 0.494 e. The van der Waals surface area contributed by atoms with E-state index in [0.717, 1.165) is 35.6 Å². The topological polar surface area (TPSA) is 43.2 Å². The molecular formula is C20H23FN4O. The quantitative estimate of drug-likeness (QED) is 0.648. The highest BCUT2D eigenvalue weighted by atomic mass is 19.1. The summed E-state index contributed by atoms with van der Waals surface area (Å²) >= 11 is 0. The lowest BCUT2D eigenvalue weighted by Gasteiger charge is -2.20. The number of benzene rings is 1. The molecule has 26 heavy (non-hydrogen) atoms. The molecule has 0 aliphatic heterocycles. The van der Waals surface area contributed by atoms with Gasteiger partial charge in [0, 0.05) is 37.2 Å². The van der Waals surface area contributed by atoms with Gasteiger partial charge in [-0.15, -0.1) is 0 Å². The van der Waals surface area contributed by atoms with Crippen molar-refractivity contribution in [3.05, 3.63) is 71.6 Å². The van der Waals surface area contributed by atoms with Crippen LogP contribution in [0.4, 0.5) is 4.39 Å². The van der Waals surface area contributed by atoms with Crippen LogP contribution in [0, 0.1) is 12.7 Å². The summed E-state index contributed by atoms with van der Waals surface area (Å²) in [5, 5.41) is 4.60. The zero-order valence-electron chi connectivity index (χ0n) is 15.3. The standard InChI is InChI=1S/C20H23FN4O/c1-4-24(12-16-5-6-20(26-3)19(21)11-16)13-17-14-25(23-15(17)2)18-7-9-22-10-8-18/h5-11,14H,4,12-13H2,1-3H3. The second-order valence-corrected chi connectivity index (χ2v) is 6.16. The summed E-state index contributed by atoms with van der Waals surface area (Å²) in [6.07, 6.45) is 5.55. The molecule has 1 aromatic carbocycles. The van der Waals surface area contributed by atoms with Crippen LogP contribution < -0.4 is 4.74 Å². The molecule has 0 aliphatic rings. The van der Waals surface area contributed by atoms with Crippen molar-refractivity contribution in [1.82, 2.24) is 19.7 Å². The van der Waals surface area contributed by atoms with Crippen LogP contribution in [-0.2, 0) is 13.1 Å². The molecule has 0 spiro atoms. The van der Waals surface area contributed by atoms with Gasteiger partial charge in [-0.3, -0.25) is 9.88 Å². The van der Waals surface area contributed by atoms with Gasteiger partial charge in [0.15, 0.2) is 11.6 Å². The Morgan fingerprint density at radius 2 is 1.92 bits per heavy atom. The van der Waals surface area contributed by atoms with Crippen molar-refractivity contribution < 1.29 is 9.13 Å². The van der Waals surface area contributed by atoms with Crippen LogP contribution in [0.15, 0.2) is 48.9 Å². The summed E-state index contributed by atoms with van der Waals surface area (Å²) < 4.78 is 20.8. The lowest BCUT2D eigenvalue weighted by molar-refractivity contribution is 0.270. The molecule has 2 aromatic heterocycles. The van der Waals surface area contributed by atoms with Gasteiger partial charge >= 0.3 is 0 Å². The van der Waals surface area contributed by atoms with Crippen LogP contribution in [-0.4, -0.2) is 33.3 Å². The number of halogens is 1. The maximum Gasteiger partial charge on any atom is 0.165 e. The summed E-state index contributed by atoms with van der Waals surface area (Å²) in [6.45, 7) is 6.38. The maximum atomic E-state index is 13.9. The van der Waals surface area contributed by atoms with E-state index in [0.29, 0.717) is 6.54 Å². The van der Waals surface area contributed by atoms with Crippen molar-refractivity contribution in [2.75, 3.05) is 13.7 Å². The van der Waals surface area contributed by atoms with Crippen LogP contribution in [0.3, 0.4) is 0 Å². The minimum atomic E-state index is -0.331. The van der Waals surface area contributed by atoms with Gasteiger partial charge in [0.05, 0.1) is 18.5 Å². The molecule has 0 amide bonds. The van der Waals surface area contributed by atoms with E-state index in [-0.39, 0.29) is 11.6 Å². The van der Waals surface area contributed by atoms with E-state index in [1.165, 1.54) is 13.2 Å². The Bertz CT molecular complexity index is 864. The van der Waals surface area contributed by atoms with Gasteiger partial charge in [-0.2, -0.15) is 5.10 Å². The molecule has 3 aromatic rings. The molecule has 0 saturated carbocycles. The molecule has 0 unspecified atom stereocenters. The fourth-order valence-electron chi connectivity index (χ4n) is 2.87. The normalized spacial score (nSPS) is 11.1. The lowest BCUT2D eigenvalue weighted by Crippen LogP contribution is -2.22. The van der Waals surface area contributed by atoms with Crippen molar-refractivity contribution in [2.24, 2.45) is 0 Å². The first-order valence-electron chi connectivity index (χ1n) is 8.61. The van der Waals surface area contributed by atoms with Gasteiger partial charge in [-0.1, -0.05) is 13.0 Å². The molecular weight excluding hydrogens is 331 g/mol. The molecule has 0 radical (unpaired) electrons. The SMILES string of the molecule is CCN(Cc1ccc(OC)c(F)c1)Cc1cn(-c2ccncc2)nc1C. The molecule has 136 valence electrons. The highest BCUT2D eigenvalue weighted by molar-refractivity contribution is 5.31. The van der Waals surface area contributed by atoms with Crippen LogP contribution in [0.5, 0.6) is 5.75 Å². The number of ether oxygens (including phenoxy) is 1. The molecule has 2 heterocycles. The monoisotopic (exact) mass is 354 g/mol. The fourth-order valence-corrected chi connectivity index (χ4v) is 2.87. The van der Waals surface area contributed by atoms with Crippen molar-refractivity contribution in [2.45, 2.75) is 26.9 Å². The predicted octanol–water partition coefficient (Wildman–Crippen LogP) is 3.75. The number of pyridine rings is 1. The Balaban J connectivity index is 1.74. The van der Waals surface area contributed by atoms with Crippen molar-refractivity contribution >= 4 is 0 Å². The fraction of sp³-hybridized carbons (Fsp3) is 0.300. The van der Waals surface area contributed by atoms with Gasteiger partial charge in [0.1, 0.15) is 0 Å². The number of hydrogen-bond donors (Lipinski definition) is 0. The third-order valence-corrected chi connectivity index (χ3v) is 4.39. The zero-order chi connectivity index (χ0) is 18.5. The average Bonchev–Trinajstić information content (AvgIpc) is 3.02. The van der Waals surface area contributed by atoms with Gasteiger partial charge in [0.2, 0.25) is 0 Å². The Kier molecular flexibility index (Phi) is 5.63. The molecule has 6 heteroatoms. The molecule has 3 rings (SSSR count). The van der Waals surface area contributed by atoms with E-state index >= 15 is 0 Å². The van der Waals surface area contributed by atoms with Crippen LogP contribution in [0.1, 0.15) is 23.7 Å². The third-order valence-electron chi connectivity index (χ3n) is 4.39. The number of hydrogen-bond acceptors (Lipinski definition) is 4. The number of aromatic nitrogens is 3. The second-order valence-electron chi connectivity index (χ2n) is 6.16. The van der Waals surface area contributed by atoms with Crippen molar-refractivity contribution in [3.8, 4) is 11.4 Å². The van der Waals surface area contributed by atoms with Gasteiger partial charge in [-0.05, 0) is 43.3 Å². The van der Waals surface area contributed by atoms with Gasteiger partial charge in [0.25, 0.3) is 0 Å². The van der Waals surface area contributed by atoms with Crippen molar-refractivity contribution in [3.63, 3.8) is 0 Å². The maximum absolute atomic E-state index is 13.9. The Morgan fingerprint density at radius 1 is 1.15 bits per heavy atom. The van der Waals surface area contributed by atoms with Gasteiger partial charge in [-0.25, -0.2) is 9.07 Å². The molecule has 0 aliphatic carbocycles. The molecule has 0 fully saturated rings. The summed E-state index contributed by atoms with van der Waals surface area (Å²) in [4.78, 5) is 6.29. The first kappa shape index (κ1) is 18.1. The van der Waals surface area contributed by atoms with Crippen molar-refractivity contribution in [1.29, 1.82) is 0 Å². The van der Waals surface area contributed by atoms with Crippen LogP contribution in [0.2, 0.25) is 0 Å². The van der Waals surface area contributed by atoms with Gasteiger partial charge < -0.3 is 4.74 Å². The van der Waals surface area contributed by atoms with E-state index in [9.17, 15) is 4.39 Å². The Morgan fingerprint density at radius 3 is 2.58 bits per heavy atom. The number of nitrogens with zero attached hydrogens (tertiary/aromatic N) is 4. The van der Waals surface area contributed by atoms with E-state index < -0.39 is 0 Å². The smallest absolute Gasteiger partial charge is 0.165 e. The number of rotatable bonds is 7. The van der Waals surface area contributed by atoms with E-state index in [1.807, 2.05) is 36.0 Å². The average molecular weight is 354 g/mol. The number of aryl methyl sites for hydroxylation is 1. The van der Waals surface area contributed by atoms with E-state index in [1.54, 1.807) is 18.5 Å². The molecule has 5 nitrogen and oxygen atoms in total. The lowest BCUT2D eigenvalue weighted by atomic mass is 10.1. The summed E-state index contributed by atoms with van der Waals surface area (Å²) in [5.74, 6) is -0.0611. The minimum Gasteiger partial charge on any atom is -0.494 e. The number of methoxy groups -OCH3 is 1. The Hall–Kier alpha value is -2.73. The highest BCUT2D eigenvalue weighted by Gasteiger charge is 2.12. The van der Waals surface area contributed by atoms with E-state index in [4.69, 9.17) is 4.74 Å². The summed E-state index contributed by atoms with van der Waals surface area (Å²) in [7, 11) is 1.47.